The van der Waals surface area contributed by atoms with E-state index in [0.29, 0.717) is 17.7 Å². The molecule has 0 spiro atoms. The van der Waals surface area contributed by atoms with E-state index in [9.17, 15) is 9.59 Å². The molecule has 7 nitrogen and oxygen atoms in total. The van der Waals surface area contributed by atoms with Crippen LogP contribution in [-0.4, -0.2) is 33.3 Å². The molecule has 25 heavy (non-hydrogen) atoms. The Kier molecular flexibility index (Phi) is 4.83. The molecule has 0 atom stereocenters. The van der Waals surface area contributed by atoms with Gasteiger partial charge in [-0.15, -0.1) is 0 Å². The Balaban J connectivity index is 1.65. The first-order valence-electron chi connectivity index (χ1n) is 8.55. The van der Waals surface area contributed by atoms with Crippen LogP contribution in [0.3, 0.4) is 0 Å². The van der Waals surface area contributed by atoms with Crippen molar-refractivity contribution >= 4 is 17.5 Å². The van der Waals surface area contributed by atoms with Gasteiger partial charge in [0.05, 0.1) is 17.3 Å². The molecular weight excluding hydrogens is 318 g/mol. The summed E-state index contributed by atoms with van der Waals surface area (Å²) in [7, 11) is 0. The summed E-state index contributed by atoms with van der Waals surface area (Å²) in [5.74, 6) is -0.115. The van der Waals surface area contributed by atoms with Gasteiger partial charge in [-0.05, 0) is 51.0 Å². The number of aromatic amines is 1. The number of nitrogens with zero attached hydrogens (tertiary/aromatic N) is 2. The first-order valence-corrected chi connectivity index (χ1v) is 8.55. The van der Waals surface area contributed by atoms with Gasteiger partial charge >= 0.3 is 0 Å². The molecule has 1 fully saturated rings. The molecule has 0 saturated heterocycles. The number of carbonyl (C=O) groups is 2. The van der Waals surface area contributed by atoms with Gasteiger partial charge in [0.1, 0.15) is 0 Å². The maximum atomic E-state index is 12.8. The van der Waals surface area contributed by atoms with Crippen LogP contribution < -0.4 is 10.6 Å². The Morgan fingerprint density at radius 3 is 2.48 bits per heavy atom. The van der Waals surface area contributed by atoms with Gasteiger partial charge < -0.3 is 10.6 Å². The third-order valence-electron chi connectivity index (χ3n) is 4.60. The highest BCUT2D eigenvalue weighted by Crippen LogP contribution is 2.44. The number of nitrogens with one attached hydrogen (secondary N) is 3. The van der Waals surface area contributed by atoms with Crippen molar-refractivity contribution in [3.8, 4) is 0 Å². The van der Waals surface area contributed by atoms with Crippen LogP contribution in [0.2, 0.25) is 0 Å². The molecule has 0 radical (unpaired) electrons. The molecular formula is C18H23N5O2. The molecule has 1 aliphatic carbocycles. The second-order valence-corrected chi connectivity index (χ2v) is 6.93. The van der Waals surface area contributed by atoms with E-state index in [1.165, 1.54) is 0 Å². The van der Waals surface area contributed by atoms with Crippen LogP contribution in [-0.2, 0) is 11.2 Å². The van der Waals surface area contributed by atoms with Crippen LogP contribution in [0.5, 0.6) is 0 Å². The zero-order chi connectivity index (χ0) is 17.9. The second kappa shape index (κ2) is 7.04. The van der Waals surface area contributed by atoms with Crippen LogP contribution in [0, 0.1) is 5.41 Å². The first kappa shape index (κ1) is 17.1. The highest BCUT2D eigenvalue weighted by molar-refractivity contribution is 5.98. The number of anilines is 1. The maximum absolute atomic E-state index is 12.8. The zero-order valence-corrected chi connectivity index (χ0v) is 14.5. The highest BCUT2D eigenvalue weighted by Gasteiger charge is 2.44. The lowest BCUT2D eigenvalue weighted by Crippen LogP contribution is -2.43. The predicted octanol–water partition coefficient (Wildman–Crippen LogP) is 2.29. The fourth-order valence-corrected chi connectivity index (χ4v) is 3.06. The molecule has 132 valence electrons. The van der Waals surface area contributed by atoms with Crippen molar-refractivity contribution in [2.24, 2.45) is 5.41 Å². The Labute approximate surface area is 146 Å². The molecule has 3 N–H and O–H groups in total. The average Bonchev–Trinajstić information content (AvgIpc) is 3.03. The van der Waals surface area contributed by atoms with Crippen molar-refractivity contribution in [2.75, 3.05) is 5.32 Å². The standard InChI is InChI=1S/C18H23N5O2/c1-12(2)20-16(24)13-4-6-14(7-5-13)21-17(25)18(8-3-9-18)10-15-11-19-23-22-15/h4-7,11-12H,3,8-10H2,1-2H3,(H,20,24)(H,21,25)(H,19,22,23). The number of rotatable bonds is 6. The molecule has 1 heterocycles. The number of aromatic nitrogens is 3. The third kappa shape index (κ3) is 3.87. The number of amides is 2. The van der Waals surface area contributed by atoms with Gasteiger partial charge in [-0.1, -0.05) is 6.42 Å². The van der Waals surface area contributed by atoms with Crippen molar-refractivity contribution in [1.82, 2.24) is 20.7 Å². The quantitative estimate of drug-likeness (QED) is 0.750. The van der Waals surface area contributed by atoms with E-state index in [-0.39, 0.29) is 17.9 Å². The Hall–Kier alpha value is -2.70. The molecule has 7 heteroatoms. The fourth-order valence-electron chi connectivity index (χ4n) is 3.06. The van der Waals surface area contributed by atoms with Gasteiger partial charge in [-0.2, -0.15) is 15.4 Å². The molecule has 2 amide bonds. The van der Waals surface area contributed by atoms with E-state index < -0.39 is 5.41 Å². The van der Waals surface area contributed by atoms with Gasteiger partial charge in [0.25, 0.3) is 5.91 Å². The third-order valence-corrected chi connectivity index (χ3v) is 4.60. The van der Waals surface area contributed by atoms with Crippen molar-refractivity contribution in [2.45, 2.75) is 45.6 Å². The smallest absolute Gasteiger partial charge is 0.251 e. The Morgan fingerprint density at radius 2 is 1.96 bits per heavy atom. The van der Waals surface area contributed by atoms with Crippen molar-refractivity contribution in [3.63, 3.8) is 0 Å². The molecule has 1 aromatic heterocycles. The summed E-state index contributed by atoms with van der Waals surface area (Å²) in [5, 5.41) is 16.3. The number of hydrogen-bond acceptors (Lipinski definition) is 4. The SMILES string of the molecule is CC(C)NC(=O)c1ccc(NC(=O)C2(Cc3cn[nH]n3)CCC2)cc1. The lowest BCUT2D eigenvalue weighted by molar-refractivity contribution is -0.130. The Bertz CT molecular complexity index is 733. The van der Waals surface area contributed by atoms with E-state index in [1.54, 1.807) is 30.5 Å². The summed E-state index contributed by atoms with van der Waals surface area (Å²) in [6.07, 6.45) is 4.99. The van der Waals surface area contributed by atoms with E-state index >= 15 is 0 Å². The van der Waals surface area contributed by atoms with Crippen LogP contribution in [0.1, 0.15) is 49.2 Å². The first-order chi connectivity index (χ1) is 12.0. The van der Waals surface area contributed by atoms with Crippen LogP contribution in [0.4, 0.5) is 5.69 Å². The lowest BCUT2D eigenvalue weighted by atomic mass is 9.65. The lowest BCUT2D eigenvalue weighted by Gasteiger charge is -2.39. The molecule has 1 aliphatic rings. The molecule has 0 unspecified atom stereocenters. The average molecular weight is 341 g/mol. The minimum atomic E-state index is -0.412. The molecule has 3 rings (SSSR count). The molecule has 1 saturated carbocycles. The van der Waals surface area contributed by atoms with Gasteiger partial charge in [-0.3, -0.25) is 9.59 Å². The van der Waals surface area contributed by atoms with E-state index in [1.807, 2.05) is 13.8 Å². The summed E-state index contributed by atoms with van der Waals surface area (Å²) in [6.45, 7) is 3.83. The molecule has 1 aromatic carbocycles. The maximum Gasteiger partial charge on any atom is 0.251 e. The van der Waals surface area contributed by atoms with Crippen LogP contribution in [0.15, 0.2) is 30.5 Å². The van der Waals surface area contributed by atoms with Crippen molar-refractivity contribution in [1.29, 1.82) is 0 Å². The second-order valence-electron chi connectivity index (χ2n) is 6.93. The normalized spacial score (nSPS) is 15.5. The summed E-state index contributed by atoms with van der Waals surface area (Å²) in [4.78, 5) is 24.7. The molecule has 0 aliphatic heterocycles. The van der Waals surface area contributed by atoms with Crippen LogP contribution in [0.25, 0.3) is 0 Å². The summed E-state index contributed by atoms with van der Waals surface area (Å²) in [6, 6.07) is 7.05. The molecule has 0 bridgehead atoms. The Morgan fingerprint density at radius 1 is 1.24 bits per heavy atom. The van der Waals surface area contributed by atoms with E-state index in [0.717, 1.165) is 25.0 Å². The van der Waals surface area contributed by atoms with Gasteiger partial charge in [0, 0.05) is 23.7 Å². The van der Waals surface area contributed by atoms with Gasteiger partial charge in [-0.25, -0.2) is 0 Å². The topological polar surface area (TPSA) is 99.8 Å². The van der Waals surface area contributed by atoms with Crippen molar-refractivity contribution in [3.05, 3.63) is 41.7 Å². The minimum absolute atomic E-state index is 0.00105. The minimum Gasteiger partial charge on any atom is -0.350 e. The van der Waals surface area contributed by atoms with E-state index in [2.05, 4.69) is 26.0 Å². The number of H-pyrrole nitrogens is 1. The fraction of sp³-hybridized carbons (Fsp3) is 0.444. The largest absolute Gasteiger partial charge is 0.350 e. The van der Waals surface area contributed by atoms with Crippen LogP contribution >= 0.6 is 0 Å². The highest BCUT2D eigenvalue weighted by atomic mass is 16.2. The van der Waals surface area contributed by atoms with Crippen molar-refractivity contribution < 1.29 is 9.59 Å². The number of benzene rings is 1. The summed E-state index contributed by atoms with van der Waals surface area (Å²) >= 11 is 0. The molecule has 2 aromatic rings. The number of carbonyl (C=O) groups excluding carboxylic acids is 2. The zero-order valence-electron chi connectivity index (χ0n) is 14.5. The monoisotopic (exact) mass is 341 g/mol. The van der Waals surface area contributed by atoms with Gasteiger partial charge in [0.2, 0.25) is 5.91 Å². The predicted molar refractivity (Wildman–Crippen MR) is 94.0 cm³/mol. The number of hydrogen-bond donors (Lipinski definition) is 3. The summed E-state index contributed by atoms with van der Waals surface area (Å²) in [5.41, 5.74) is 1.66. The summed E-state index contributed by atoms with van der Waals surface area (Å²) < 4.78 is 0. The van der Waals surface area contributed by atoms with E-state index in [4.69, 9.17) is 0 Å². The van der Waals surface area contributed by atoms with Gasteiger partial charge in [0.15, 0.2) is 0 Å².